The first-order chi connectivity index (χ1) is 10.6. The fourth-order valence-electron chi connectivity index (χ4n) is 2.02. The second-order valence-corrected chi connectivity index (χ2v) is 4.57. The minimum atomic E-state index is -0.183. The minimum Gasteiger partial charge on any atom is -0.497 e. The Morgan fingerprint density at radius 3 is 2.41 bits per heavy atom. The van der Waals surface area contributed by atoms with Crippen LogP contribution in [0.3, 0.4) is 0 Å². The van der Waals surface area contributed by atoms with Crippen LogP contribution >= 0.6 is 0 Å². The molecular formula is C16H19N3O3. The van der Waals surface area contributed by atoms with Crippen LogP contribution in [0, 0.1) is 0 Å². The van der Waals surface area contributed by atoms with Gasteiger partial charge in [-0.2, -0.15) is 0 Å². The maximum Gasteiger partial charge on any atom is 0.251 e. The third-order valence-corrected chi connectivity index (χ3v) is 3.22. The molecule has 0 radical (unpaired) electrons. The summed E-state index contributed by atoms with van der Waals surface area (Å²) < 4.78 is 10.5. The number of carbonyl (C=O) groups excluding carboxylic acids is 1. The van der Waals surface area contributed by atoms with Crippen LogP contribution in [-0.4, -0.2) is 27.2 Å². The first-order valence-electron chi connectivity index (χ1n) is 6.69. The lowest BCUT2D eigenvalue weighted by atomic mass is 10.1. The molecule has 0 spiro atoms. The maximum atomic E-state index is 11.6. The number of hydrogen-bond donors (Lipinski definition) is 3. The highest BCUT2D eigenvalue weighted by molar-refractivity contribution is 5.96. The molecule has 0 unspecified atom stereocenters. The molecule has 0 aromatic heterocycles. The molecule has 0 heterocycles. The van der Waals surface area contributed by atoms with Gasteiger partial charge in [0.05, 0.1) is 31.3 Å². The Hall–Kier alpha value is -2.89. The molecule has 0 saturated heterocycles. The standard InChI is InChI=1S/C16H19N3O3/c1-18-16(20)10-4-6-13(12(17)8-10)19-14-9-11(21-2)5-7-15(14)22-3/h4-9,19H,17H2,1-3H3,(H,18,20). The molecule has 2 rings (SSSR count). The zero-order valence-electron chi connectivity index (χ0n) is 12.8. The Morgan fingerprint density at radius 1 is 1.05 bits per heavy atom. The van der Waals surface area contributed by atoms with E-state index >= 15 is 0 Å². The molecule has 0 aliphatic carbocycles. The lowest BCUT2D eigenvalue weighted by Crippen LogP contribution is -2.18. The van der Waals surface area contributed by atoms with Crippen LogP contribution in [0.2, 0.25) is 0 Å². The third-order valence-electron chi connectivity index (χ3n) is 3.22. The van der Waals surface area contributed by atoms with Gasteiger partial charge in [-0.25, -0.2) is 0 Å². The van der Waals surface area contributed by atoms with Crippen molar-refractivity contribution in [2.75, 3.05) is 32.3 Å². The van der Waals surface area contributed by atoms with Crippen molar-refractivity contribution >= 4 is 23.0 Å². The zero-order chi connectivity index (χ0) is 16.1. The van der Waals surface area contributed by atoms with Gasteiger partial charge < -0.3 is 25.8 Å². The predicted molar refractivity (Wildman–Crippen MR) is 87.1 cm³/mol. The summed E-state index contributed by atoms with van der Waals surface area (Å²) in [7, 11) is 4.76. The molecule has 2 aromatic carbocycles. The van der Waals surface area contributed by atoms with Crippen LogP contribution in [-0.2, 0) is 0 Å². The van der Waals surface area contributed by atoms with Gasteiger partial charge in [0, 0.05) is 18.7 Å². The van der Waals surface area contributed by atoms with Crippen LogP contribution in [0.4, 0.5) is 17.1 Å². The maximum absolute atomic E-state index is 11.6. The number of rotatable bonds is 5. The summed E-state index contributed by atoms with van der Waals surface area (Å²) in [6.07, 6.45) is 0. The molecular weight excluding hydrogens is 282 g/mol. The molecule has 116 valence electrons. The van der Waals surface area contributed by atoms with Gasteiger partial charge in [-0.1, -0.05) is 0 Å². The number of nitrogen functional groups attached to an aromatic ring is 1. The van der Waals surface area contributed by atoms with Crippen LogP contribution in [0.5, 0.6) is 11.5 Å². The van der Waals surface area contributed by atoms with Crippen molar-refractivity contribution in [1.29, 1.82) is 0 Å². The van der Waals surface area contributed by atoms with E-state index in [0.717, 1.165) is 5.69 Å². The highest BCUT2D eigenvalue weighted by Crippen LogP contribution is 2.33. The van der Waals surface area contributed by atoms with Crippen LogP contribution in [0.1, 0.15) is 10.4 Å². The Balaban J connectivity index is 2.32. The number of nitrogens with two attached hydrogens (primary N) is 1. The molecule has 0 atom stereocenters. The SMILES string of the molecule is CNC(=O)c1ccc(Nc2cc(OC)ccc2OC)c(N)c1. The van der Waals surface area contributed by atoms with Gasteiger partial charge in [-0.3, -0.25) is 4.79 Å². The van der Waals surface area contributed by atoms with E-state index in [9.17, 15) is 4.79 Å². The van der Waals surface area contributed by atoms with Gasteiger partial charge in [0.25, 0.3) is 5.91 Å². The molecule has 4 N–H and O–H groups in total. The summed E-state index contributed by atoms with van der Waals surface area (Å²) >= 11 is 0. The predicted octanol–water partition coefficient (Wildman–Crippen LogP) is 2.39. The Bertz CT molecular complexity index is 686. The number of methoxy groups -OCH3 is 2. The average Bonchev–Trinajstić information content (AvgIpc) is 2.55. The Kier molecular flexibility index (Phi) is 4.73. The summed E-state index contributed by atoms with van der Waals surface area (Å²) in [5.41, 5.74) is 8.38. The number of anilines is 3. The summed E-state index contributed by atoms with van der Waals surface area (Å²) in [6, 6.07) is 10.5. The van der Waals surface area contributed by atoms with E-state index < -0.39 is 0 Å². The molecule has 0 aliphatic heterocycles. The molecule has 0 fully saturated rings. The van der Waals surface area contributed by atoms with E-state index in [1.807, 2.05) is 12.1 Å². The lowest BCUT2D eigenvalue weighted by Gasteiger charge is -2.14. The second kappa shape index (κ2) is 6.71. The quantitative estimate of drug-likeness (QED) is 0.738. The molecule has 2 aromatic rings. The van der Waals surface area contributed by atoms with E-state index in [1.165, 1.54) is 0 Å². The van der Waals surface area contributed by atoms with Gasteiger partial charge >= 0.3 is 0 Å². The molecule has 22 heavy (non-hydrogen) atoms. The molecule has 0 aliphatic rings. The zero-order valence-corrected chi connectivity index (χ0v) is 12.8. The minimum absolute atomic E-state index is 0.183. The number of amides is 1. The summed E-state index contributed by atoms with van der Waals surface area (Å²) in [5.74, 6) is 1.18. The first-order valence-corrected chi connectivity index (χ1v) is 6.69. The van der Waals surface area contributed by atoms with Gasteiger partial charge in [-0.05, 0) is 30.3 Å². The number of ether oxygens (including phenoxy) is 2. The first kappa shape index (κ1) is 15.5. The van der Waals surface area contributed by atoms with Gasteiger partial charge in [0.1, 0.15) is 11.5 Å². The van der Waals surface area contributed by atoms with Crippen molar-refractivity contribution in [3.05, 3.63) is 42.0 Å². The number of hydrogen-bond acceptors (Lipinski definition) is 5. The fourth-order valence-corrected chi connectivity index (χ4v) is 2.02. The van der Waals surface area contributed by atoms with Crippen molar-refractivity contribution in [2.45, 2.75) is 0 Å². The highest BCUT2D eigenvalue weighted by atomic mass is 16.5. The van der Waals surface area contributed by atoms with Gasteiger partial charge in [-0.15, -0.1) is 0 Å². The summed E-state index contributed by atoms with van der Waals surface area (Å²) in [4.78, 5) is 11.6. The smallest absolute Gasteiger partial charge is 0.251 e. The molecule has 6 heteroatoms. The van der Waals surface area contributed by atoms with Crippen molar-refractivity contribution < 1.29 is 14.3 Å². The summed E-state index contributed by atoms with van der Waals surface area (Å²) in [5, 5.41) is 5.75. The van der Waals surface area contributed by atoms with E-state index in [1.54, 1.807) is 45.5 Å². The van der Waals surface area contributed by atoms with Crippen molar-refractivity contribution in [1.82, 2.24) is 5.32 Å². The molecule has 0 saturated carbocycles. The number of benzene rings is 2. The van der Waals surface area contributed by atoms with Crippen LogP contribution in [0.25, 0.3) is 0 Å². The number of nitrogens with one attached hydrogen (secondary N) is 2. The summed E-state index contributed by atoms with van der Waals surface area (Å²) in [6.45, 7) is 0. The van der Waals surface area contributed by atoms with Crippen molar-refractivity contribution in [2.24, 2.45) is 0 Å². The Morgan fingerprint density at radius 2 is 1.82 bits per heavy atom. The van der Waals surface area contributed by atoms with E-state index in [-0.39, 0.29) is 5.91 Å². The van der Waals surface area contributed by atoms with Gasteiger partial charge in [0.15, 0.2) is 0 Å². The Labute approximate surface area is 129 Å². The fraction of sp³-hybridized carbons (Fsp3) is 0.188. The van der Waals surface area contributed by atoms with Crippen LogP contribution < -0.4 is 25.8 Å². The van der Waals surface area contributed by atoms with Crippen LogP contribution in [0.15, 0.2) is 36.4 Å². The average molecular weight is 301 g/mol. The van der Waals surface area contributed by atoms with Crippen molar-refractivity contribution in [3.63, 3.8) is 0 Å². The topological polar surface area (TPSA) is 85.6 Å². The number of carbonyl (C=O) groups is 1. The largest absolute Gasteiger partial charge is 0.497 e. The normalized spacial score (nSPS) is 9.95. The monoisotopic (exact) mass is 301 g/mol. The van der Waals surface area contributed by atoms with E-state index in [2.05, 4.69) is 10.6 Å². The second-order valence-electron chi connectivity index (χ2n) is 4.57. The highest BCUT2D eigenvalue weighted by Gasteiger charge is 2.10. The lowest BCUT2D eigenvalue weighted by molar-refractivity contribution is 0.0963. The van der Waals surface area contributed by atoms with E-state index in [4.69, 9.17) is 15.2 Å². The third kappa shape index (κ3) is 3.22. The van der Waals surface area contributed by atoms with Gasteiger partial charge in [0.2, 0.25) is 0 Å². The molecule has 0 bridgehead atoms. The molecule has 6 nitrogen and oxygen atoms in total. The van der Waals surface area contributed by atoms with E-state index in [0.29, 0.717) is 28.4 Å². The molecule has 1 amide bonds. The van der Waals surface area contributed by atoms with Crippen molar-refractivity contribution in [3.8, 4) is 11.5 Å².